The standard InChI is InChI=1S/C20H38O7S.C12H10.H3N.Na/c1-5-9-11-16(7-3)14-26-19(21)13-18(28(23,24)25)20(22)27-15-17(8-4)12-10-6-2;1-3-7-11(8-4-1)12-9-5-2-6-10-12;;/h16-18H,5-15H2,1-4H3,(H,23,24,25);1-10H;1H3;/q;;;+1/p-1. The zero-order valence-corrected chi connectivity index (χ0v) is 29.1. The Labute approximate surface area is 276 Å². The van der Waals surface area contributed by atoms with Gasteiger partial charge in [0.2, 0.25) is 0 Å². The first kappa shape index (κ1) is 42.4. The largest absolute Gasteiger partial charge is 1.00 e. The Morgan fingerprint density at radius 2 is 1.14 bits per heavy atom. The van der Waals surface area contributed by atoms with Crippen molar-refractivity contribution >= 4 is 22.1 Å². The van der Waals surface area contributed by atoms with Gasteiger partial charge in [0.1, 0.15) is 10.1 Å². The number of benzene rings is 2. The molecule has 3 N–H and O–H groups in total. The fourth-order valence-electron chi connectivity index (χ4n) is 4.07. The van der Waals surface area contributed by atoms with E-state index in [1.807, 2.05) is 26.0 Å². The van der Waals surface area contributed by atoms with E-state index in [-0.39, 0.29) is 60.8 Å². The first-order chi connectivity index (χ1) is 19.2. The minimum Gasteiger partial charge on any atom is -0.747 e. The van der Waals surface area contributed by atoms with Gasteiger partial charge in [-0.3, -0.25) is 9.59 Å². The third-order valence-electron chi connectivity index (χ3n) is 6.87. The summed E-state index contributed by atoms with van der Waals surface area (Å²) in [6, 6.07) is 20.8. The maximum absolute atomic E-state index is 12.1. The molecule has 0 aliphatic carbocycles. The van der Waals surface area contributed by atoms with Gasteiger partial charge in [0.25, 0.3) is 0 Å². The zero-order chi connectivity index (χ0) is 29.8. The van der Waals surface area contributed by atoms with Gasteiger partial charge in [-0.25, -0.2) is 8.42 Å². The quantitative estimate of drug-likeness (QED) is 0.157. The molecule has 0 aliphatic rings. The first-order valence-electron chi connectivity index (χ1n) is 14.5. The summed E-state index contributed by atoms with van der Waals surface area (Å²) in [5.74, 6) is -1.74. The molecular formula is C32H50NNaO7S. The van der Waals surface area contributed by atoms with Gasteiger partial charge in [0.15, 0.2) is 5.25 Å². The number of esters is 2. The molecule has 10 heteroatoms. The Kier molecular flexibility index (Phi) is 24.9. The van der Waals surface area contributed by atoms with E-state index in [0.29, 0.717) is 0 Å². The van der Waals surface area contributed by atoms with Crippen molar-refractivity contribution in [3.63, 3.8) is 0 Å². The molecule has 0 aromatic heterocycles. The average molecular weight is 616 g/mol. The molecule has 0 aliphatic heterocycles. The number of carbonyl (C=O) groups is 2. The summed E-state index contributed by atoms with van der Waals surface area (Å²) in [5, 5.41) is -2.06. The number of hydrogen-bond donors (Lipinski definition) is 1. The SMILES string of the molecule is CCCCC(CC)COC(=O)CC(C(=O)OCC(CC)CCCC)S(=O)(=O)[O-].N.[Na+].c1ccc(-c2ccccc2)cc1. The minimum atomic E-state index is -5.01. The predicted molar refractivity (Wildman–Crippen MR) is 164 cm³/mol. The molecule has 42 heavy (non-hydrogen) atoms. The Balaban J connectivity index is 0. The van der Waals surface area contributed by atoms with Gasteiger partial charge < -0.3 is 20.2 Å². The van der Waals surface area contributed by atoms with Gasteiger partial charge >= 0.3 is 41.5 Å². The monoisotopic (exact) mass is 615 g/mol. The molecule has 3 atom stereocenters. The number of carbonyl (C=O) groups excluding carboxylic acids is 2. The zero-order valence-electron chi connectivity index (χ0n) is 26.3. The smallest absolute Gasteiger partial charge is 0.747 e. The van der Waals surface area contributed by atoms with E-state index in [1.54, 1.807) is 0 Å². The van der Waals surface area contributed by atoms with Crippen molar-refractivity contribution in [1.82, 2.24) is 6.15 Å². The van der Waals surface area contributed by atoms with Gasteiger partial charge in [0, 0.05) is 0 Å². The van der Waals surface area contributed by atoms with Crippen LogP contribution in [0.2, 0.25) is 0 Å². The number of unbranched alkanes of at least 4 members (excludes halogenated alkanes) is 2. The predicted octanol–water partition coefficient (Wildman–Crippen LogP) is 4.33. The second-order valence-electron chi connectivity index (χ2n) is 10.1. The maximum Gasteiger partial charge on any atom is 1.00 e. The van der Waals surface area contributed by atoms with Crippen LogP contribution >= 0.6 is 0 Å². The van der Waals surface area contributed by atoms with Gasteiger partial charge in [-0.15, -0.1) is 0 Å². The molecule has 3 unspecified atom stereocenters. The van der Waals surface area contributed by atoms with Crippen molar-refractivity contribution in [2.45, 2.75) is 90.7 Å². The van der Waals surface area contributed by atoms with Crippen LogP contribution < -0.4 is 35.7 Å². The van der Waals surface area contributed by atoms with Crippen LogP contribution in [0.25, 0.3) is 11.1 Å². The van der Waals surface area contributed by atoms with E-state index in [9.17, 15) is 22.6 Å². The fourth-order valence-corrected chi connectivity index (χ4v) is 4.72. The Morgan fingerprint density at radius 3 is 1.50 bits per heavy atom. The van der Waals surface area contributed by atoms with Gasteiger partial charge in [0.05, 0.1) is 19.6 Å². The van der Waals surface area contributed by atoms with Crippen molar-refractivity contribution in [3.8, 4) is 11.1 Å². The van der Waals surface area contributed by atoms with Crippen LogP contribution in [0.4, 0.5) is 0 Å². The van der Waals surface area contributed by atoms with Crippen molar-refractivity contribution < 1.29 is 61.6 Å². The first-order valence-corrected chi connectivity index (χ1v) is 16.0. The van der Waals surface area contributed by atoms with E-state index in [0.717, 1.165) is 51.4 Å². The van der Waals surface area contributed by atoms with Gasteiger partial charge in [-0.1, -0.05) is 127 Å². The van der Waals surface area contributed by atoms with Crippen LogP contribution in [0.1, 0.15) is 85.5 Å². The second kappa shape index (κ2) is 24.7. The molecule has 0 bridgehead atoms. The summed E-state index contributed by atoms with van der Waals surface area (Å²) < 4.78 is 44.6. The summed E-state index contributed by atoms with van der Waals surface area (Å²) >= 11 is 0. The Bertz CT molecular complexity index is 1030. The van der Waals surface area contributed by atoms with E-state index < -0.39 is 33.7 Å². The molecule has 0 amide bonds. The van der Waals surface area contributed by atoms with Crippen molar-refractivity contribution in [1.29, 1.82) is 0 Å². The molecule has 0 heterocycles. The summed E-state index contributed by atoms with van der Waals surface area (Å²) in [7, 11) is -5.01. The molecule has 0 spiro atoms. The fraction of sp³-hybridized carbons (Fsp3) is 0.562. The number of rotatable bonds is 17. The number of hydrogen-bond acceptors (Lipinski definition) is 8. The van der Waals surface area contributed by atoms with Crippen molar-refractivity contribution in [2.24, 2.45) is 11.8 Å². The molecule has 2 aromatic carbocycles. The topological polar surface area (TPSA) is 145 Å². The van der Waals surface area contributed by atoms with Crippen LogP contribution in [0.3, 0.4) is 0 Å². The second-order valence-corrected chi connectivity index (χ2v) is 11.6. The summed E-state index contributed by atoms with van der Waals surface area (Å²) in [6.07, 6.45) is 6.58. The van der Waals surface area contributed by atoms with E-state index >= 15 is 0 Å². The normalized spacial score (nSPS) is 12.7. The summed E-state index contributed by atoms with van der Waals surface area (Å²) in [5.41, 5.74) is 2.55. The van der Waals surface area contributed by atoms with Crippen LogP contribution in [0, 0.1) is 11.8 Å². The molecule has 0 radical (unpaired) electrons. The van der Waals surface area contributed by atoms with E-state index in [1.165, 1.54) is 11.1 Å². The Hall–Kier alpha value is -1.75. The van der Waals surface area contributed by atoms with Gasteiger partial charge in [-0.05, 0) is 35.8 Å². The molecule has 0 saturated heterocycles. The number of ether oxygens (including phenoxy) is 2. The third-order valence-corrected chi connectivity index (χ3v) is 7.93. The molecule has 2 rings (SSSR count). The Morgan fingerprint density at radius 1 is 0.738 bits per heavy atom. The molecule has 232 valence electrons. The molecule has 0 fully saturated rings. The van der Waals surface area contributed by atoms with E-state index in [4.69, 9.17) is 9.47 Å². The molecule has 2 aromatic rings. The van der Waals surface area contributed by atoms with Crippen molar-refractivity contribution in [2.75, 3.05) is 13.2 Å². The molecule has 8 nitrogen and oxygen atoms in total. The van der Waals surface area contributed by atoms with Gasteiger partial charge in [-0.2, -0.15) is 0 Å². The summed E-state index contributed by atoms with van der Waals surface area (Å²) in [6.45, 7) is 8.26. The average Bonchev–Trinajstić information content (AvgIpc) is 2.96. The molecule has 0 saturated carbocycles. The van der Waals surface area contributed by atoms with Crippen LogP contribution in [-0.4, -0.2) is 43.4 Å². The molecular weight excluding hydrogens is 565 g/mol. The maximum atomic E-state index is 12.1. The summed E-state index contributed by atoms with van der Waals surface area (Å²) in [4.78, 5) is 24.1. The van der Waals surface area contributed by atoms with Crippen LogP contribution in [0.5, 0.6) is 0 Å². The van der Waals surface area contributed by atoms with Crippen LogP contribution in [-0.2, 0) is 29.2 Å². The van der Waals surface area contributed by atoms with Crippen LogP contribution in [0.15, 0.2) is 60.7 Å². The van der Waals surface area contributed by atoms with Crippen molar-refractivity contribution in [3.05, 3.63) is 60.7 Å². The van der Waals surface area contributed by atoms with E-state index in [2.05, 4.69) is 62.4 Å². The minimum absolute atomic E-state index is 0. The third kappa shape index (κ3) is 18.0.